The van der Waals surface area contributed by atoms with Gasteiger partial charge in [0.15, 0.2) is 0 Å². The third-order valence-corrected chi connectivity index (χ3v) is 2.55. The zero-order valence-electron chi connectivity index (χ0n) is 7.38. The monoisotopic (exact) mass is 278 g/mol. The van der Waals surface area contributed by atoms with Crippen LogP contribution in [0.15, 0.2) is 16.6 Å². The number of halogens is 2. The number of benzene rings is 1. The summed E-state index contributed by atoms with van der Waals surface area (Å²) < 4.78 is 4.97. The average molecular weight is 280 g/mol. The lowest BCUT2D eigenvalue weighted by Crippen LogP contribution is -2.04. The smallest absolute Gasteiger partial charge is 0.309 e. The van der Waals surface area contributed by atoms with Crippen molar-refractivity contribution in [3.8, 4) is 5.75 Å². The summed E-state index contributed by atoms with van der Waals surface area (Å²) in [6.45, 7) is 0. The summed E-state index contributed by atoms with van der Waals surface area (Å²) in [5, 5.41) is 9.53. The Hall–Kier alpha value is -0.740. The van der Waals surface area contributed by atoms with E-state index in [1.165, 1.54) is 13.2 Å². The maximum absolute atomic E-state index is 10.9. The van der Waals surface area contributed by atoms with Crippen LogP contribution in [0.25, 0.3) is 0 Å². The minimum absolute atomic E-state index is 0.0275. The number of carbonyl (C=O) groups excluding carboxylic acids is 1. The number of hydrogen-bond acceptors (Lipinski definition) is 3. The van der Waals surface area contributed by atoms with E-state index in [-0.39, 0.29) is 23.2 Å². The summed E-state index contributed by atoms with van der Waals surface area (Å²) in [4.78, 5) is 10.9. The Morgan fingerprint density at radius 1 is 1.64 bits per heavy atom. The molecule has 0 saturated heterocycles. The van der Waals surface area contributed by atoms with Gasteiger partial charge in [0.05, 0.1) is 23.0 Å². The largest absolute Gasteiger partial charge is 0.505 e. The fourth-order valence-corrected chi connectivity index (χ4v) is 1.82. The molecule has 0 saturated carbocycles. The summed E-state index contributed by atoms with van der Waals surface area (Å²) in [6.07, 6.45) is 0.134. The molecule has 5 heteroatoms. The molecule has 0 atom stereocenters. The third-order valence-electron chi connectivity index (χ3n) is 1.65. The summed E-state index contributed by atoms with van der Waals surface area (Å²) in [7, 11) is 1.32. The molecule has 14 heavy (non-hydrogen) atoms. The highest BCUT2D eigenvalue weighted by Crippen LogP contribution is 2.33. The molecule has 0 amide bonds. The SMILES string of the molecule is COC(=O)Cc1cc(Cl)c(O)c(Br)c1. The van der Waals surface area contributed by atoms with Crippen LogP contribution in [0, 0.1) is 0 Å². The fraction of sp³-hybridized carbons (Fsp3) is 0.222. The van der Waals surface area contributed by atoms with Crippen LogP contribution in [0.1, 0.15) is 5.56 Å². The van der Waals surface area contributed by atoms with Gasteiger partial charge in [-0.25, -0.2) is 0 Å². The predicted molar refractivity (Wildman–Crippen MR) is 56.5 cm³/mol. The van der Waals surface area contributed by atoms with Crippen LogP contribution in [0.5, 0.6) is 5.75 Å². The lowest BCUT2D eigenvalue weighted by Gasteiger charge is -2.04. The zero-order valence-corrected chi connectivity index (χ0v) is 9.72. The molecule has 0 bridgehead atoms. The van der Waals surface area contributed by atoms with E-state index in [2.05, 4.69) is 20.7 Å². The van der Waals surface area contributed by atoms with Gasteiger partial charge in [0.2, 0.25) is 0 Å². The molecule has 1 rings (SSSR count). The number of carbonyl (C=O) groups is 1. The normalized spacial score (nSPS) is 9.93. The predicted octanol–water partition coefficient (Wildman–Crippen LogP) is 2.52. The Morgan fingerprint density at radius 3 is 2.79 bits per heavy atom. The molecule has 1 aromatic carbocycles. The van der Waals surface area contributed by atoms with Gasteiger partial charge in [-0.15, -0.1) is 0 Å². The standard InChI is InChI=1S/C9H8BrClO3/c1-14-8(12)4-5-2-6(10)9(13)7(11)3-5/h2-3,13H,4H2,1H3. The number of methoxy groups -OCH3 is 1. The van der Waals surface area contributed by atoms with Crippen LogP contribution < -0.4 is 0 Å². The van der Waals surface area contributed by atoms with E-state index in [9.17, 15) is 9.90 Å². The van der Waals surface area contributed by atoms with Crippen LogP contribution >= 0.6 is 27.5 Å². The van der Waals surface area contributed by atoms with E-state index in [0.717, 1.165) is 0 Å². The van der Waals surface area contributed by atoms with Gasteiger partial charge in [-0.05, 0) is 33.6 Å². The summed E-state index contributed by atoms with van der Waals surface area (Å²) >= 11 is 8.84. The molecule has 0 aliphatic heterocycles. The van der Waals surface area contributed by atoms with Gasteiger partial charge in [-0.2, -0.15) is 0 Å². The van der Waals surface area contributed by atoms with Gasteiger partial charge in [-0.1, -0.05) is 11.6 Å². The number of aromatic hydroxyl groups is 1. The molecule has 0 aliphatic rings. The van der Waals surface area contributed by atoms with Crippen molar-refractivity contribution in [1.29, 1.82) is 0 Å². The Kier molecular flexibility index (Phi) is 3.77. The molecule has 1 N–H and O–H groups in total. The number of phenolic OH excluding ortho intramolecular Hbond substituents is 1. The number of esters is 1. The van der Waals surface area contributed by atoms with Gasteiger partial charge in [0, 0.05) is 0 Å². The minimum Gasteiger partial charge on any atom is -0.505 e. The number of rotatable bonds is 2. The van der Waals surface area contributed by atoms with Crippen molar-refractivity contribution < 1.29 is 14.6 Å². The van der Waals surface area contributed by atoms with Gasteiger partial charge >= 0.3 is 5.97 Å². The molecule has 0 spiro atoms. The second-order valence-electron chi connectivity index (χ2n) is 2.66. The number of hydrogen-bond donors (Lipinski definition) is 1. The van der Waals surface area contributed by atoms with Crippen LogP contribution in [0.3, 0.4) is 0 Å². The van der Waals surface area contributed by atoms with Gasteiger partial charge < -0.3 is 9.84 Å². The van der Waals surface area contributed by atoms with E-state index in [1.54, 1.807) is 6.07 Å². The molecule has 76 valence electrons. The van der Waals surface area contributed by atoms with Crippen molar-refractivity contribution in [2.45, 2.75) is 6.42 Å². The molecule has 0 fully saturated rings. The second kappa shape index (κ2) is 4.66. The van der Waals surface area contributed by atoms with Crippen molar-refractivity contribution in [3.63, 3.8) is 0 Å². The minimum atomic E-state index is -0.348. The molecule has 3 nitrogen and oxygen atoms in total. The van der Waals surface area contributed by atoms with Crippen molar-refractivity contribution in [1.82, 2.24) is 0 Å². The van der Waals surface area contributed by atoms with Gasteiger partial charge in [0.25, 0.3) is 0 Å². The Bertz CT molecular complexity index is 342. The van der Waals surface area contributed by atoms with E-state index in [4.69, 9.17) is 11.6 Å². The van der Waals surface area contributed by atoms with Crippen molar-refractivity contribution in [2.75, 3.05) is 7.11 Å². The Balaban J connectivity index is 2.95. The number of ether oxygens (including phenoxy) is 1. The maximum atomic E-state index is 10.9. The first-order valence-corrected chi connectivity index (χ1v) is 4.95. The Labute approximate surface area is 94.8 Å². The summed E-state index contributed by atoms with van der Waals surface area (Å²) in [5.74, 6) is -0.376. The topological polar surface area (TPSA) is 46.5 Å². The molecular formula is C9H8BrClO3. The summed E-state index contributed by atoms with van der Waals surface area (Å²) in [6, 6.07) is 3.15. The third kappa shape index (κ3) is 2.62. The molecule has 0 radical (unpaired) electrons. The Morgan fingerprint density at radius 2 is 2.29 bits per heavy atom. The molecule has 1 aromatic rings. The first kappa shape index (κ1) is 11.3. The lowest BCUT2D eigenvalue weighted by molar-refractivity contribution is -0.139. The van der Waals surface area contributed by atoms with E-state index >= 15 is 0 Å². The second-order valence-corrected chi connectivity index (χ2v) is 3.92. The van der Waals surface area contributed by atoms with Crippen molar-refractivity contribution in [2.24, 2.45) is 0 Å². The van der Waals surface area contributed by atoms with Crippen LogP contribution in [-0.2, 0) is 16.0 Å². The molecule has 0 aromatic heterocycles. The van der Waals surface area contributed by atoms with Gasteiger partial charge in [-0.3, -0.25) is 4.79 Å². The average Bonchev–Trinajstić information content (AvgIpc) is 2.14. The molecular weight excluding hydrogens is 271 g/mol. The first-order valence-electron chi connectivity index (χ1n) is 3.78. The van der Waals surface area contributed by atoms with Crippen LogP contribution in [0.2, 0.25) is 5.02 Å². The van der Waals surface area contributed by atoms with Crippen LogP contribution in [-0.4, -0.2) is 18.2 Å². The zero-order chi connectivity index (χ0) is 10.7. The first-order chi connectivity index (χ1) is 6.54. The van der Waals surface area contributed by atoms with Crippen molar-refractivity contribution >= 4 is 33.5 Å². The quantitative estimate of drug-likeness (QED) is 0.846. The highest BCUT2D eigenvalue weighted by Gasteiger charge is 2.09. The highest BCUT2D eigenvalue weighted by atomic mass is 79.9. The van der Waals surface area contributed by atoms with E-state index in [1.807, 2.05) is 0 Å². The maximum Gasteiger partial charge on any atom is 0.309 e. The van der Waals surface area contributed by atoms with Gasteiger partial charge in [0.1, 0.15) is 5.75 Å². The van der Waals surface area contributed by atoms with Crippen molar-refractivity contribution in [3.05, 3.63) is 27.2 Å². The van der Waals surface area contributed by atoms with E-state index < -0.39 is 0 Å². The van der Waals surface area contributed by atoms with Crippen LogP contribution in [0.4, 0.5) is 0 Å². The fourth-order valence-electron chi connectivity index (χ4n) is 0.959. The summed E-state index contributed by atoms with van der Waals surface area (Å²) in [5.41, 5.74) is 0.687. The van der Waals surface area contributed by atoms with E-state index in [0.29, 0.717) is 10.0 Å². The molecule has 0 unspecified atom stereocenters. The highest BCUT2D eigenvalue weighted by molar-refractivity contribution is 9.10. The molecule has 0 heterocycles. The molecule has 0 aliphatic carbocycles. The number of phenols is 1. The lowest BCUT2D eigenvalue weighted by atomic mass is 10.1.